The molecule has 0 saturated carbocycles. The minimum Gasteiger partial charge on any atom is -0.342 e. The van der Waals surface area contributed by atoms with Crippen LogP contribution in [0.3, 0.4) is 0 Å². The molecule has 0 aliphatic carbocycles. The van der Waals surface area contributed by atoms with Crippen molar-refractivity contribution in [2.75, 3.05) is 31.9 Å². The second kappa shape index (κ2) is 7.77. The molecule has 2 amide bonds. The van der Waals surface area contributed by atoms with Gasteiger partial charge in [0, 0.05) is 32.1 Å². The maximum Gasteiger partial charge on any atom is 0.442 e. The van der Waals surface area contributed by atoms with E-state index in [2.05, 4.69) is 6.92 Å². The van der Waals surface area contributed by atoms with Crippen LogP contribution in [-0.2, 0) is 9.59 Å². The molecule has 2 aliphatic rings. The molecule has 2 rings (SSSR count). The number of carbonyl (C=O) groups is 2. The molecule has 0 radical (unpaired) electrons. The van der Waals surface area contributed by atoms with Crippen molar-refractivity contribution in [2.45, 2.75) is 38.1 Å². The highest BCUT2D eigenvalue weighted by Gasteiger charge is 2.34. The average molecular weight is 352 g/mol. The van der Waals surface area contributed by atoms with Gasteiger partial charge in [0.15, 0.2) is 0 Å². The minimum absolute atomic E-state index is 0.0976. The Hall–Kier alpha value is -0.920. The fourth-order valence-electron chi connectivity index (χ4n) is 3.26. The maximum absolute atomic E-state index is 12.5. The summed E-state index contributed by atoms with van der Waals surface area (Å²) in [4.78, 5) is 27.6. The number of hydrogen-bond acceptors (Lipinski definition) is 3. The van der Waals surface area contributed by atoms with Crippen LogP contribution in [-0.4, -0.2) is 59.1 Å². The Morgan fingerprint density at radius 1 is 1.09 bits per heavy atom. The Balaban J connectivity index is 1.77. The Morgan fingerprint density at radius 2 is 1.74 bits per heavy atom. The van der Waals surface area contributed by atoms with E-state index in [-0.39, 0.29) is 23.6 Å². The molecule has 2 heterocycles. The van der Waals surface area contributed by atoms with Gasteiger partial charge in [-0.15, -0.1) is 0 Å². The van der Waals surface area contributed by atoms with Crippen molar-refractivity contribution in [2.24, 2.45) is 11.8 Å². The summed E-state index contributed by atoms with van der Waals surface area (Å²) in [5.74, 6) is -0.502. The lowest BCUT2D eigenvalue weighted by Crippen LogP contribution is -2.47. The lowest BCUT2D eigenvalue weighted by atomic mass is 9.93. The largest absolute Gasteiger partial charge is 0.442 e. The van der Waals surface area contributed by atoms with Gasteiger partial charge < -0.3 is 9.80 Å². The quantitative estimate of drug-likeness (QED) is 0.784. The SMILES string of the molecule is CC1CCCN(C(=O)C2CCN(C(=O)CSC(F)(F)F)CC2)C1. The maximum atomic E-state index is 12.5. The van der Waals surface area contributed by atoms with Crippen molar-refractivity contribution >= 4 is 23.6 Å². The van der Waals surface area contributed by atoms with Crippen LogP contribution in [0.4, 0.5) is 13.2 Å². The molecule has 0 aromatic heterocycles. The Bertz CT molecular complexity index is 437. The van der Waals surface area contributed by atoms with Crippen molar-refractivity contribution in [3.8, 4) is 0 Å². The van der Waals surface area contributed by atoms with Crippen molar-refractivity contribution in [1.82, 2.24) is 9.80 Å². The summed E-state index contributed by atoms with van der Waals surface area (Å²) >= 11 is -0.301. The summed E-state index contributed by atoms with van der Waals surface area (Å²) in [5, 5.41) is 0. The van der Waals surface area contributed by atoms with E-state index in [9.17, 15) is 22.8 Å². The second-order valence-electron chi connectivity index (χ2n) is 6.42. The van der Waals surface area contributed by atoms with Gasteiger partial charge in [-0.25, -0.2) is 0 Å². The van der Waals surface area contributed by atoms with Crippen LogP contribution in [0.2, 0.25) is 0 Å². The highest BCUT2D eigenvalue weighted by molar-refractivity contribution is 8.00. The van der Waals surface area contributed by atoms with Crippen LogP contribution in [0.25, 0.3) is 0 Å². The molecular formula is C15H23F3N2O2S. The third kappa shape index (κ3) is 5.58. The smallest absolute Gasteiger partial charge is 0.342 e. The number of rotatable bonds is 3. The summed E-state index contributed by atoms with van der Waals surface area (Å²) in [5.41, 5.74) is -4.38. The lowest BCUT2D eigenvalue weighted by Gasteiger charge is -2.37. The molecule has 0 N–H and O–H groups in total. The topological polar surface area (TPSA) is 40.6 Å². The van der Waals surface area contributed by atoms with Gasteiger partial charge in [0.2, 0.25) is 11.8 Å². The molecule has 2 saturated heterocycles. The van der Waals surface area contributed by atoms with Crippen LogP contribution in [0.15, 0.2) is 0 Å². The number of thioether (sulfide) groups is 1. The summed E-state index contributed by atoms with van der Waals surface area (Å²) in [6.45, 7) is 4.47. The van der Waals surface area contributed by atoms with E-state index in [1.54, 1.807) is 0 Å². The number of hydrogen-bond donors (Lipinski definition) is 0. The number of amides is 2. The highest BCUT2D eigenvalue weighted by Crippen LogP contribution is 2.31. The van der Waals surface area contributed by atoms with Gasteiger partial charge in [0.05, 0.1) is 5.75 Å². The zero-order valence-corrected chi connectivity index (χ0v) is 14.1. The number of alkyl halides is 3. The Kier molecular flexibility index (Phi) is 6.22. The summed E-state index contributed by atoms with van der Waals surface area (Å²) in [6.07, 6.45) is 3.27. The zero-order valence-electron chi connectivity index (χ0n) is 13.3. The molecule has 2 fully saturated rings. The molecule has 1 atom stereocenters. The highest BCUT2D eigenvalue weighted by atomic mass is 32.2. The molecule has 23 heavy (non-hydrogen) atoms. The van der Waals surface area contributed by atoms with Crippen LogP contribution in [0, 0.1) is 11.8 Å². The Morgan fingerprint density at radius 3 is 2.30 bits per heavy atom. The standard InChI is InChI=1S/C15H23F3N2O2S/c1-11-3-2-6-20(9-11)14(22)12-4-7-19(8-5-12)13(21)10-23-15(16,17)18/h11-12H,2-10H2,1H3. The fraction of sp³-hybridized carbons (Fsp3) is 0.867. The molecule has 0 spiro atoms. The van der Waals surface area contributed by atoms with Crippen LogP contribution >= 0.6 is 11.8 Å². The number of piperidine rings is 2. The lowest BCUT2D eigenvalue weighted by molar-refractivity contribution is -0.141. The van der Waals surface area contributed by atoms with Gasteiger partial charge >= 0.3 is 5.51 Å². The molecule has 0 aromatic carbocycles. The van der Waals surface area contributed by atoms with Crippen molar-refractivity contribution < 1.29 is 22.8 Å². The van der Waals surface area contributed by atoms with Crippen molar-refractivity contribution in [1.29, 1.82) is 0 Å². The van der Waals surface area contributed by atoms with Gasteiger partial charge in [-0.3, -0.25) is 9.59 Å². The van der Waals surface area contributed by atoms with Crippen molar-refractivity contribution in [3.63, 3.8) is 0 Å². The van der Waals surface area contributed by atoms with E-state index >= 15 is 0 Å². The molecule has 132 valence electrons. The number of likely N-dealkylation sites (tertiary alicyclic amines) is 2. The number of nitrogens with zero attached hydrogens (tertiary/aromatic N) is 2. The monoisotopic (exact) mass is 352 g/mol. The predicted octanol–water partition coefficient (Wildman–Crippen LogP) is 2.74. The molecule has 2 aliphatic heterocycles. The van der Waals surface area contributed by atoms with E-state index in [0.717, 1.165) is 25.9 Å². The first-order valence-corrected chi connectivity index (χ1v) is 9.02. The zero-order chi connectivity index (χ0) is 17.0. The van der Waals surface area contributed by atoms with Gasteiger partial charge in [0.1, 0.15) is 0 Å². The third-order valence-corrected chi connectivity index (χ3v) is 5.24. The van der Waals surface area contributed by atoms with E-state index in [1.807, 2.05) is 4.90 Å². The molecule has 8 heteroatoms. The van der Waals surface area contributed by atoms with Crippen LogP contribution in [0.5, 0.6) is 0 Å². The van der Waals surface area contributed by atoms with Gasteiger partial charge in [-0.05, 0) is 43.4 Å². The van der Waals surface area contributed by atoms with Gasteiger partial charge in [0.25, 0.3) is 0 Å². The summed E-state index contributed by atoms with van der Waals surface area (Å²) in [7, 11) is 0. The molecule has 4 nitrogen and oxygen atoms in total. The van der Waals surface area contributed by atoms with Crippen LogP contribution in [0.1, 0.15) is 32.6 Å². The summed E-state index contributed by atoms with van der Waals surface area (Å²) < 4.78 is 36.4. The normalized spacial score (nSPS) is 23.9. The van der Waals surface area contributed by atoms with Crippen molar-refractivity contribution in [3.05, 3.63) is 0 Å². The van der Waals surface area contributed by atoms with Gasteiger partial charge in [-0.2, -0.15) is 13.2 Å². The van der Waals surface area contributed by atoms with E-state index in [1.165, 1.54) is 4.90 Å². The first-order valence-electron chi connectivity index (χ1n) is 8.03. The van der Waals surface area contributed by atoms with E-state index in [0.29, 0.717) is 31.8 Å². The third-order valence-electron chi connectivity index (χ3n) is 4.52. The average Bonchev–Trinajstić information content (AvgIpc) is 2.51. The number of carbonyl (C=O) groups excluding carboxylic acids is 2. The minimum atomic E-state index is -4.38. The first kappa shape index (κ1) is 18.4. The first-order chi connectivity index (χ1) is 10.8. The Labute approximate surface area is 138 Å². The molecule has 1 unspecified atom stereocenters. The van der Waals surface area contributed by atoms with E-state index < -0.39 is 17.2 Å². The number of halogens is 3. The summed E-state index contributed by atoms with van der Waals surface area (Å²) in [6, 6.07) is 0. The fourth-order valence-corrected chi connectivity index (χ4v) is 3.73. The van der Waals surface area contributed by atoms with Crippen LogP contribution < -0.4 is 0 Å². The molecular weight excluding hydrogens is 329 g/mol. The predicted molar refractivity (Wildman–Crippen MR) is 82.8 cm³/mol. The second-order valence-corrected chi connectivity index (χ2v) is 7.46. The van der Waals surface area contributed by atoms with Gasteiger partial charge in [-0.1, -0.05) is 6.92 Å². The molecule has 0 aromatic rings. The molecule has 0 bridgehead atoms. The van der Waals surface area contributed by atoms with E-state index in [4.69, 9.17) is 0 Å².